The van der Waals surface area contributed by atoms with Crippen LogP contribution in [0.5, 0.6) is 0 Å². The average molecular weight is 242 g/mol. The van der Waals surface area contributed by atoms with E-state index in [1.165, 1.54) is 38.8 Å². The van der Waals surface area contributed by atoms with Crippen LogP contribution in [-0.4, -0.2) is 47.8 Å². The summed E-state index contributed by atoms with van der Waals surface area (Å²) in [6.07, 6.45) is 6.09. The number of nitrogens with zero attached hydrogens (tertiary/aromatic N) is 1. The van der Waals surface area contributed by atoms with Gasteiger partial charge in [0.05, 0.1) is 0 Å². The Labute approximate surface area is 107 Å². The molecule has 1 fully saturated rings. The molecule has 1 rings (SSSR count). The van der Waals surface area contributed by atoms with Crippen molar-refractivity contribution in [2.24, 2.45) is 0 Å². The number of aliphatic hydroxyl groups excluding tert-OH is 1. The Kier molecular flexibility index (Phi) is 6.45. The molecule has 0 aromatic carbocycles. The van der Waals surface area contributed by atoms with Crippen LogP contribution in [-0.2, 0) is 0 Å². The van der Waals surface area contributed by atoms with Gasteiger partial charge in [-0.05, 0) is 66.1 Å². The number of aliphatic hydroxyl groups is 1. The lowest BCUT2D eigenvalue weighted by molar-refractivity contribution is 0.117. The van der Waals surface area contributed by atoms with Gasteiger partial charge in [0, 0.05) is 18.2 Å². The molecule has 0 saturated carbocycles. The fourth-order valence-corrected chi connectivity index (χ4v) is 2.58. The maximum absolute atomic E-state index is 9.08. The second kappa shape index (κ2) is 7.34. The van der Waals surface area contributed by atoms with Crippen molar-refractivity contribution in [2.45, 2.75) is 64.5 Å². The highest BCUT2D eigenvalue weighted by Gasteiger charge is 2.21. The molecular weight excluding hydrogens is 212 g/mol. The fourth-order valence-electron chi connectivity index (χ4n) is 2.58. The van der Waals surface area contributed by atoms with Crippen molar-refractivity contribution in [1.29, 1.82) is 0 Å². The van der Waals surface area contributed by atoms with Crippen LogP contribution in [0, 0.1) is 0 Å². The molecule has 102 valence electrons. The summed E-state index contributed by atoms with van der Waals surface area (Å²) >= 11 is 0. The molecule has 1 unspecified atom stereocenters. The molecule has 0 aromatic heterocycles. The number of likely N-dealkylation sites (tertiary alicyclic amines) is 1. The van der Waals surface area contributed by atoms with Crippen LogP contribution in [0.2, 0.25) is 0 Å². The second-order valence-corrected chi connectivity index (χ2v) is 6.23. The van der Waals surface area contributed by atoms with Crippen molar-refractivity contribution in [3.8, 4) is 0 Å². The van der Waals surface area contributed by atoms with E-state index in [0.29, 0.717) is 12.6 Å². The third kappa shape index (κ3) is 6.39. The Morgan fingerprint density at radius 2 is 2.06 bits per heavy atom. The van der Waals surface area contributed by atoms with Gasteiger partial charge in [-0.15, -0.1) is 0 Å². The van der Waals surface area contributed by atoms with Crippen molar-refractivity contribution >= 4 is 0 Å². The molecule has 1 heterocycles. The number of hydrogen-bond acceptors (Lipinski definition) is 3. The zero-order valence-corrected chi connectivity index (χ0v) is 11.8. The molecule has 1 saturated heterocycles. The minimum Gasteiger partial charge on any atom is -0.396 e. The first kappa shape index (κ1) is 14.9. The van der Waals surface area contributed by atoms with E-state index < -0.39 is 0 Å². The zero-order valence-electron chi connectivity index (χ0n) is 11.8. The molecule has 0 spiro atoms. The van der Waals surface area contributed by atoms with Gasteiger partial charge in [0.1, 0.15) is 0 Å². The molecule has 0 aliphatic carbocycles. The molecule has 0 radical (unpaired) electrons. The molecular formula is C14H30N2O. The smallest absolute Gasteiger partial charge is 0.0445 e. The highest BCUT2D eigenvalue weighted by atomic mass is 16.3. The van der Waals surface area contributed by atoms with E-state index in [2.05, 4.69) is 31.0 Å². The van der Waals surface area contributed by atoms with Gasteiger partial charge in [-0.25, -0.2) is 0 Å². The van der Waals surface area contributed by atoms with Gasteiger partial charge in [-0.3, -0.25) is 0 Å². The van der Waals surface area contributed by atoms with E-state index in [1.807, 2.05) is 0 Å². The maximum Gasteiger partial charge on any atom is 0.0445 e. The van der Waals surface area contributed by atoms with Crippen molar-refractivity contribution in [1.82, 2.24) is 10.2 Å². The average Bonchev–Trinajstić information content (AvgIpc) is 2.25. The lowest BCUT2D eigenvalue weighted by atomic mass is 9.99. The Morgan fingerprint density at radius 3 is 2.71 bits per heavy atom. The fraction of sp³-hybridized carbons (Fsp3) is 1.00. The molecule has 1 atom stereocenters. The first-order valence-electron chi connectivity index (χ1n) is 7.13. The van der Waals surface area contributed by atoms with Crippen LogP contribution in [0.4, 0.5) is 0 Å². The number of rotatable bonds is 6. The topological polar surface area (TPSA) is 35.5 Å². The zero-order chi connectivity index (χ0) is 12.7. The van der Waals surface area contributed by atoms with Crippen molar-refractivity contribution < 1.29 is 5.11 Å². The third-order valence-corrected chi connectivity index (χ3v) is 3.49. The van der Waals surface area contributed by atoms with E-state index in [1.54, 1.807) is 0 Å². The minimum absolute atomic E-state index is 0.229. The van der Waals surface area contributed by atoms with E-state index in [4.69, 9.17) is 5.11 Å². The van der Waals surface area contributed by atoms with Gasteiger partial charge in [-0.2, -0.15) is 0 Å². The van der Waals surface area contributed by atoms with Crippen LogP contribution in [0.3, 0.4) is 0 Å². The van der Waals surface area contributed by atoms with E-state index in [-0.39, 0.29) is 5.54 Å². The monoisotopic (exact) mass is 242 g/mol. The SMILES string of the molecule is CC(C)(C)NCCCN1CCCCC1CCO. The molecule has 0 amide bonds. The summed E-state index contributed by atoms with van der Waals surface area (Å²) < 4.78 is 0. The van der Waals surface area contributed by atoms with Crippen LogP contribution < -0.4 is 5.32 Å². The Morgan fingerprint density at radius 1 is 1.29 bits per heavy atom. The van der Waals surface area contributed by atoms with Crippen molar-refractivity contribution in [3.63, 3.8) is 0 Å². The summed E-state index contributed by atoms with van der Waals surface area (Å²) in [6, 6.07) is 0.628. The summed E-state index contributed by atoms with van der Waals surface area (Å²) in [5.41, 5.74) is 0.229. The molecule has 2 N–H and O–H groups in total. The molecule has 1 aliphatic rings. The molecule has 17 heavy (non-hydrogen) atoms. The Bertz CT molecular complexity index is 199. The van der Waals surface area contributed by atoms with E-state index in [0.717, 1.165) is 13.0 Å². The lowest BCUT2D eigenvalue weighted by Crippen LogP contribution is -2.42. The van der Waals surface area contributed by atoms with Gasteiger partial charge < -0.3 is 15.3 Å². The predicted molar refractivity (Wildman–Crippen MR) is 73.3 cm³/mol. The van der Waals surface area contributed by atoms with Gasteiger partial charge in [-0.1, -0.05) is 6.42 Å². The molecule has 1 aliphatic heterocycles. The van der Waals surface area contributed by atoms with Crippen LogP contribution in [0.25, 0.3) is 0 Å². The molecule has 0 bridgehead atoms. The maximum atomic E-state index is 9.08. The molecule has 3 heteroatoms. The summed E-state index contributed by atoms with van der Waals surface area (Å²) in [6.45, 7) is 10.5. The summed E-state index contributed by atoms with van der Waals surface area (Å²) in [5.74, 6) is 0. The molecule has 0 aromatic rings. The first-order chi connectivity index (χ1) is 8.03. The highest BCUT2D eigenvalue weighted by Crippen LogP contribution is 2.19. The Hall–Kier alpha value is -0.120. The lowest BCUT2D eigenvalue weighted by Gasteiger charge is -2.35. The summed E-state index contributed by atoms with van der Waals surface area (Å²) in [5, 5.41) is 12.6. The number of piperidine rings is 1. The standard InChI is InChI=1S/C14H30N2O/c1-14(2,3)15-9-6-11-16-10-5-4-7-13(16)8-12-17/h13,15,17H,4-12H2,1-3H3. The molecule has 3 nitrogen and oxygen atoms in total. The summed E-state index contributed by atoms with van der Waals surface area (Å²) in [4.78, 5) is 2.57. The van der Waals surface area contributed by atoms with Crippen LogP contribution >= 0.6 is 0 Å². The second-order valence-electron chi connectivity index (χ2n) is 6.23. The summed E-state index contributed by atoms with van der Waals surface area (Å²) in [7, 11) is 0. The minimum atomic E-state index is 0.229. The number of hydrogen-bond donors (Lipinski definition) is 2. The van der Waals surface area contributed by atoms with Crippen LogP contribution in [0.1, 0.15) is 52.9 Å². The predicted octanol–water partition coefficient (Wildman–Crippen LogP) is 2.00. The third-order valence-electron chi connectivity index (χ3n) is 3.49. The first-order valence-corrected chi connectivity index (χ1v) is 7.13. The Balaban J connectivity index is 2.19. The normalized spacial score (nSPS) is 22.9. The van der Waals surface area contributed by atoms with Gasteiger partial charge >= 0.3 is 0 Å². The van der Waals surface area contributed by atoms with E-state index in [9.17, 15) is 0 Å². The van der Waals surface area contributed by atoms with Gasteiger partial charge in [0.15, 0.2) is 0 Å². The van der Waals surface area contributed by atoms with E-state index >= 15 is 0 Å². The highest BCUT2D eigenvalue weighted by molar-refractivity contribution is 4.77. The van der Waals surface area contributed by atoms with Crippen LogP contribution in [0.15, 0.2) is 0 Å². The largest absolute Gasteiger partial charge is 0.396 e. The quantitative estimate of drug-likeness (QED) is 0.699. The van der Waals surface area contributed by atoms with Crippen molar-refractivity contribution in [2.75, 3.05) is 26.2 Å². The van der Waals surface area contributed by atoms with Gasteiger partial charge in [0.25, 0.3) is 0 Å². The van der Waals surface area contributed by atoms with Gasteiger partial charge in [0.2, 0.25) is 0 Å². The van der Waals surface area contributed by atoms with Crippen molar-refractivity contribution in [3.05, 3.63) is 0 Å². The number of nitrogens with one attached hydrogen (secondary N) is 1.